The van der Waals surface area contributed by atoms with Gasteiger partial charge in [0.05, 0.1) is 37.6 Å². The predicted molar refractivity (Wildman–Crippen MR) is 283 cm³/mol. The third kappa shape index (κ3) is 17.7. The lowest BCUT2D eigenvalue weighted by molar-refractivity contribution is -0.266. The van der Waals surface area contributed by atoms with Crippen molar-refractivity contribution in [2.75, 3.05) is 52.1 Å². The summed E-state index contributed by atoms with van der Waals surface area (Å²) in [5.74, 6) is -7.85. The maximum Gasteiger partial charge on any atom is 0.329 e. The van der Waals surface area contributed by atoms with Crippen LogP contribution in [0.3, 0.4) is 0 Å². The van der Waals surface area contributed by atoms with Gasteiger partial charge >= 0.3 is 5.97 Å². The summed E-state index contributed by atoms with van der Waals surface area (Å²) in [6.07, 6.45) is 13.5. The molecule has 15 atom stereocenters. The Balaban J connectivity index is 1.71. The van der Waals surface area contributed by atoms with Crippen LogP contribution >= 0.6 is 22.6 Å². The zero-order chi connectivity index (χ0) is 53.1. The fourth-order valence-corrected chi connectivity index (χ4v) is 11.1. The maximum atomic E-state index is 14.6. The zero-order valence-electron chi connectivity index (χ0n) is 44.9. The summed E-state index contributed by atoms with van der Waals surface area (Å²) in [5, 5.41) is 23.6. The van der Waals surface area contributed by atoms with Gasteiger partial charge in [0.2, 0.25) is 5.79 Å². The number of ether oxygens (including phenoxy) is 7. The van der Waals surface area contributed by atoms with Crippen LogP contribution in [0.2, 0.25) is 0 Å². The van der Waals surface area contributed by atoms with E-state index in [0.29, 0.717) is 57.3 Å². The highest BCUT2D eigenvalue weighted by Gasteiger charge is 2.53. The van der Waals surface area contributed by atoms with Crippen molar-refractivity contribution in [1.29, 1.82) is 0 Å². The van der Waals surface area contributed by atoms with Crippen LogP contribution in [-0.4, -0.2) is 151 Å². The molecule has 1 amide bonds. The van der Waals surface area contributed by atoms with Gasteiger partial charge in [0.25, 0.3) is 11.7 Å². The number of piperidine rings is 1. The lowest BCUT2D eigenvalue weighted by Gasteiger charge is -2.43. The van der Waals surface area contributed by atoms with Crippen LogP contribution < -0.4 is 0 Å². The molecule has 0 spiro atoms. The molecule has 0 aromatic rings. The standard InChI is InChI=1S/C56H88INO14/c1-35-17-12-11-13-18-36(2)47(70-28-27-66-8)33-43-22-20-41(7)56(65,72-43)53(62)54(63)58-25-15-14-19-44(58)55(64)71-48(38(4)31-42-21-23-46(49(32-42)67-9)69-26-16-24-57)34-45(59)37(3)30-40(6)51(61)52(68-10)50(60)39(5)29-35/h11-13,17-18,30,35,37-39,41-44,46-49,51-52,61,65H,14-16,19-29,31-34H2,1-10H3/t35?,37?,38-,39?,41?,42+,43?,44?,46-,47?,48?,49-,51?,52?,56?/m1/s1. The summed E-state index contributed by atoms with van der Waals surface area (Å²) in [4.78, 5) is 72.7. The summed E-state index contributed by atoms with van der Waals surface area (Å²) >= 11 is 2.34. The Morgan fingerprint density at radius 2 is 1.60 bits per heavy atom. The molecule has 0 aromatic heterocycles. The molecule has 0 aromatic carbocycles. The average molecular weight is 1130 g/mol. The molecule has 3 heterocycles. The Morgan fingerprint density at radius 1 is 0.847 bits per heavy atom. The van der Waals surface area contributed by atoms with E-state index in [4.69, 9.17) is 33.2 Å². The average Bonchev–Trinajstić information content (AvgIpc) is 3.36. The monoisotopic (exact) mass is 1130 g/mol. The molecule has 3 fully saturated rings. The highest BCUT2D eigenvalue weighted by molar-refractivity contribution is 14.1. The number of ketones is 3. The number of aliphatic hydroxyl groups is 2. The van der Waals surface area contributed by atoms with Crippen molar-refractivity contribution < 1.29 is 67.3 Å². The number of hydrogen-bond donors (Lipinski definition) is 2. The van der Waals surface area contributed by atoms with Gasteiger partial charge in [0, 0.05) is 69.5 Å². The molecule has 4 rings (SSSR count). The van der Waals surface area contributed by atoms with Crippen LogP contribution in [0.5, 0.6) is 0 Å². The minimum absolute atomic E-state index is 0.00824. The lowest BCUT2D eigenvalue weighted by Crippen LogP contribution is -2.61. The zero-order valence-corrected chi connectivity index (χ0v) is 47.1. The number of esters is 1. The lowest BCUT2D eigenvalue weighted by atomic mass is 9.78. The minimum Gasteiger partial charge on any atom is -0.460 e. The molecule has 4 aliphatic rings. The van der Waals surface area contributed by atoms with Crippen molar-refractivity contribution in [3.05, 3.63) is 47.6 Å². The fraction of sp³-hybridized carbons (Fsp3) is 0.768. The van der Waals surface area contributed by atoms with E-state index < -0.39 is 77.8 Å². The Labute approximate surface area is 443 Å². The van der Waals surface area contributed by atoms with Crippen molar-refractivity contribution >= 4 is 51.8 Å². The Kier molecular flexibility index (Phi) is 26.4. The van der Waals surface area contributed by atoms with Crippen LogP contribution in [0.25, 0.3) is 0 Å². The van der Waals surface area contributed by atoms with Gasteiger partial charge in [-0.05, 0) is 113 Å². The number of carbonyl (C=O) groups is 5. The number of cyclic esters (lactones) is 1. The number of nitrogens with zero attached hydrogens (tertiary/aromatic N) is 1. The molecule has 2 bridgehead atoms. The third-order valence-electron chi connectivity index (χ3n) is 15.4. The number of Topliss-reactive ketones (excluding diaryl/α,β-unsaturated/α-hetero) is 3. The molecule has 15 nitrogen and oxygen atoms in total. The number of hydrogen-bond acceptors (Lipinski definition) is 14. The number of fused-ring (bicyclic) bond motifs is 3. The second-order valence-corrected chi connectivity index (χ2v) is 22.2. The first kappa shape index (κ1) is 61.9. The number of aliphatic hydroxyl groups excluding tert-OH is 1. The van der Waals surface area contributed by atoms with E-state index in [9.17, 15) is 34.2 Å². The number of amides is 1. The third-order valence-corrected chi connectivity index (χ3v) is 16.1. The van der Waals surface area contributed by atoms with Crippen molar-refractivity contribution in [3.8, 4) is 0 Å². The van der Waals surface area contributed by atoms with Crippen LogP contribution in [0.4, 0.5) is 0 Å². The van der Waals surface area contributed by atoms with Crippen LogP contribution in [0.1, 0.15) is 132 Å². The molecule has 16 heteroatoms. The fourth-order valence-electron chi connectivity index (χ4n) is 10.8. The molecule has 1 aliphatic carbocycles. The second-order valence-electron chi connectivity index (χ2n) is 21.1. The van der Waals surface area contributed by atoms with E-state index >= 15 is 0 Å². The molecule has 0 radical (unpaired) electrons. The molecule has 1 saturated carbocycles. The number of alkyl halides is 1. The number of methoxy groups -OCH3 is 3. The number of carbonyl (C=O) groups excluding carboxylic acids is 5. The first-order chi connectivity index (χ1) is 34.3. The highest BCUT2D eigenvalue weighted by atomic mass is 127. The summed E-state index contributed by atoms with van der Waals surface area (Å²) < 4.78 is 42.9. The number of allylic oxidation sites excluding steroid dienone is 6. The molecule has 2 saturated heterocycles. The SMILES string of the molecule is COCCOC1CC2CCC(C)C(O)(O2)C(=O)C(=O)N2CCCCC2C(=O)OC([C@H](C)C[C@@H]2CC[C@@H](OCCCI)[C@H](OC)C2)CC(=O)C(C)C=C(C)C(O)C(OC)C(=O)C(C)CC(C)C=CC=CC=C1C. The van der Waals surface area contributed by atoms with Gasteiger partial charge in [0.1, 0.15) is 30.1 Å². The van der Waals surface area contributed by atoms with Crippen molar-refractivity contribution in [2.45, 2.75) is 186 Å². The molecule has 408 valence electrons. The molecule has 11 unspecified atom stereocenters. The van der Waals surface area contributed by atoms with E-state index in [1.54, 1.807) is 41.1 Å². The van der Waals surface area contributed by atoms with E-state index in [0.717, 1.165) is 35.7 Å². The summed E-state index contributed by atoms with van der Waals surface area (Å²) in [7, 11) is 4.67. The largest absolute Gasteiger partial charge is 0.460 e. The van der Waals surface area contributed by atoms with Crippen molar-refractivity contribution in [3.63, 3.8) is 0 Å². The van der Waals surface area contributed by atoms with Gasteiger partial charge in [-0.1, -0.05) is 93.7 Å². The maximum absolute atomic E-state index is 14.6. The summed E-state index contributed by atoms with van der Waals surface area (Å²) in [5.41, 5.74) is 1.26. The van der Waals surface area contributed by atoms with Gasteiger partial charge in [-0.25, -0.2) is 4.79 Å². The van der Waals surface area contributed by atoms with E-state index in [2.05, 4.69) is 22.6 Å². The topological polar surface area (TPSA) is 194 Å². The first-order valence-electron chi connectivity index (χ1n) is 26.5. The first-order valence-corrected chi connectivity index (χ1v) is 28.1. The van der Waals surface area contributed by atoms with Crippen molar-refractivity contribution in [1.82, 2.24) is 4.90 Å². The molecular formula is C56H88INO14. The van der Waals surface area contributed by atoms with Crippen molar-refractivity contribution in [2.24, 2.45) is 35.5 Å². The quantitative estimate of drug-likeness (QED) is 0.0449. The van der Waals surface area contributed by atoms with Gasteiger partial charge < -0.3 is 48.3 Å². The van der Waals surface area contributed by atoms with Crippen LogP contribution in [0.15, 0.2) is 47.6 Å². The van der Waals surface area contributed by atoms with Gasteiger partial charge in [-0.15, -0.1) is 0 Å². The second kappa shape index (κ2) is 30.8. The Hall–Kier alpha value is -2.68. The Morgan fingerprint density at radius 3 is 2.29 bits per heavy atom. The van der Waals surface area contributed by atoms with E-state index in [1.807, 2.05) is 58.1 Å². The highest BCUT2D eigenvalue weighted by Crippen LogP contribution is 2.38. The molecule has 72 heavy (non-hydrogen) atoms. The van der Waals surface area contributed by atoms with Gasteiger partial charge in [0.15, 0.2) is 5.78 Å². The van der Waals surface area contributed by atoms with E-state index in [1.165, 1.54) is 12.0 Å². The van der Waals surface area contributed by atoms with E-state index in [-0.39, 0.29) is 73.9 Å². The molecule has 2 N–H and O–H groups in total. The summed E-state index contributed by atoms with van der Waals surface area (Å²) in [6.45, 7) is 14.2. The number of halogens is 1. The van der Waals surface area contributed by atoms with Crippen LogP contribution in [0, 0.1) is 35.5 Å². The summed E-state index contributed by atoms with van der Waals surface area (Å²) in [6, 6.07) is -1.14. The Bertz CT molecular complexity index is 1890. The van der Waals surface area contributed by atoms with Crippen LogP contribution in [-0.2, 0) is 57.1 Å². The molecule has 3 aliphatic heterocycles. The predicted octanol–water partition coefficient (Wildman–Crippen LogP) is 8.05. The molecular weight excluding hydrogens is 1040 g/mol. The minimum atomic E-state index is -2.45. The van der Waals surface area contributed by atoms with Gasteiger partial charge in [-0.2, -0.15) is 0 Å². The van der Waals surface area contributed by atoms with Gasteiger partial charge in [-0.3, -0.25) is 19.2 Å². The number of rotatable bonds is 13. The normalized spacial score (nSPS) is 35.3. The smallest absolute Gasteiger partial charge is 0.329 e.